The van der Waals surface area contributed by atoms with Crippen LogP contribution in [0.5, 0.6) is 0 Å². The van der Waals surface area contributed by atoms with Crippen molar-refractivity contribution in [3.63, 3.8) is 0 Å². The molecule has 1 aromatic rings. The predicted molar refractivity (Wildman–Crippen MR) is 179 cm³/mol. The number of aliphatic hydroxyl groups is 1. The fourth-order valence-corrected chi connectivity index (χ4v) is 11.0. The molecule has 1 aromatic carbocycles. The Labute approximate surface area is 269 Å². The van der Waals surface area contributed by atoms with Crippen molar-refractivity contribution in [1.29, 1.82) is 0 Å². The third-order valence-corrected chi connectivity index (χ3v) is 11.9. The summed E-state index contributed by atoms with van der Waals surface area (Å²) in [5.74, 6) is -1.51. The summed E-state index contributed by atoms with van der Waals surface area (Å²) >= 11 is 1.68. The molecule has 3 fully saturated rings. The van der Waals surface area contributed by atoms with E-state index in [4.69, 9.17) is 0 Å². The van der Waals surface area contributed by atoms with Crippen molar-refractivity contribution < 1.29 is 19.5 Å². The van der Waals surface area contributed by atoms with Crippen LogP contribution in [0.15, 0.2) is 55.6 Å². The number of carbonyl (C=O) groups is 3. The number of likely N-dealkylation sites (tertiary alicyclic amines) is 1. The number of hydrogen-bond donors (Lipinski definition) is 1. The molecule has 4 rings (SSSR count). The number of fused-ring (bicyclic) bond motifs is 1. The lowest BCUT2D eigenvalue weighted by Crippen LogP contribution is -2.62. The summed E-state index contributed by atoms with van der Waals surface area (Å²) in [5, 5.41) is 10.8. The number of hydrogen-bond acceptors (Lipinski definition) is 5. The van der Waals surface area contributed by atoms with Crippen molar-refractivity contribution in [2.75, 3.05) is 26.2 Å². The van der Waals surface area contributed by atoms with E-state index in [2.05, 4.69) is 54.7 Å². The van der Waals surface area contributed by atoms with Crippen LogP contribution in [-0.2, 0) is 14.4 Å². The lowest BCUT2D eigenvalue weighted by Gasteiger charge is -2.47. The minimum atomic E-state index is -0.835. The van der Waals surface area contributed by atoms with Crippen LogP contribution < -0.4 is 0 Å². The zero-order chi connectivity index (χ0) is 32.6. The van der Waals surface area contributed by atoms with Crippen molar-refractivity contribution in [1.82, 2.24) is 14.7 Å². The Morgan fingerprint density at radius 1 is 1.11 bits per heavy atom. The van der Waals surface area contributed by atoms with Gasteiger partial charge in [0.05, 0.1) is 29.2 Å². The van der Waals surface area contributed by atoms with Crippen LogP contribution in [0.4, 0.5) is 0 Å². The standard InChI is InChI=1S/C36H53N3O4S/c1-10-18-37(19-11-2)31(41)28-27-21-24(4)36(44-27)29(28)32(42)39(26(22-40)25-16-14-13-15-17-25)30(36)33(43)38(20-12-3)35(8,9)23-34(5,6)7/h10,12-17,24,26-30,40H,1,3,11,18-23H2,2,4-9H3/t24?,26-,27-,28+,29+,30?,36?/m1/s1. The molecule has 3 aliphatic heterocycles. The van der Waals surface area contributed by atoms with E-state index >= 15 is 4.79 Å². The highest BCUT2D eigenvalue weighted by molar-refractivity contribution is 8.02. The first-order valence-electron chi connectivity index (χ1n) is 16.2. The second-order valence-electron chi connectivity index (χ2n) is 14.8. The zero-order valence-electron chi connectivity index (χ0n) is 27.8. The molecule has 8 heteroatoms. The quantitative estimate of drug-likeness (QED) is 0.285. The molecule has 0 saturated carbocycles. The topological polar surface area (TPSA) is 81.2 Å². The maximum Gasteiger partial charge on any atom is 0.247 e. The predicted octanol–water partition coefficient (Wildman–Crippen LogP) is 5.71. The van der Waals surface area contributed by atoms with Crippen LogP contribution in [0.25, 0.3) is 0 Å². The number of benzene rings is 1. The highest BCUT2D eigenvalue weighted by atomic mass is 32.2. The van der Waals surface area contributed by atoms with E-state index in [1.807, 2.05) is 47.1 Å². The Hall–Kier alpha value is -2.58. The fourth-order valence-electron chi connectivity index (χ4n) is 8.62. The van der Waals surface area contributed by atoms with E-state index in [9.17, 15) is 14.7 Å². The van der Waals surface area contributed by atoms with Gasteiger partial charge < -0.3 is 19.8 Å². The number of amides is 3. The third-order valence-electron chi connectivity index (χ3n) is 9.82. The van der Waals surface area contributed by atoms with Crippen LogP contribution in [0.2, 0.25) is 0 Å². The first kappa shape index (κ1) is 34.3. The van der Waals surface area contributed by atoms with Crippen LogP contribution in [0.3, 0.4) is 0 Å². The van der Waals surface area contributed by atoms with Crippen molar-refractivity contribution in [2.45, 2.75) is 95.3 Å². The molecule has 0 radical (unpaired) electrons. The van der Waals surface area contributed by atoms with Gasteiger partial charge in [0.1, 0.15) is 6.04 Å². The van der Waals surface area contributed by atoms with Crippen molar-refractivity contribution in [3.05, 3.63) is 61.2 Å². The number of rotatable bonds is 13. The van der Waals surface area contributed by atoms with Gasteiger partial charge in [0.2, 0.25) is 17.7 Å². The Balaban J connectivity index is 1.90. The molecule has 3 saturated heterocycles. The molecule has 7 atom stereocenters. The number of nitrogens with zero attached hydrogens (tertiary/aromatic N) is 3. The van der Waals surface area contributed by atoms with Crippen LogP contribution in [-0.4, -0.2) is 85.3 Å². The lowest BCUT2D eigenvalue weighted by atomic mass is 9.65. The Bertz CT molecular complexity index is 1240. The second-order valence-corrected chi connectivity index (χ2v) is 16.3. The van der Waals surface area contributed by atoms with E-state index in [1.165, 1.54) is 0 Å². The number of thioether (sulfide) groups is 1. The van der Waals surface area contributed by atoms with Crippen LogP contribution in [0, 0.1) is 23.2 Å². The molecule has 2 bridgehead atoms. The second kappa shape index (κ2) is 13.0. The van der Waals surface area contributed by atoms with E-state index in [0.717, 1.165) is 24.8 Å². The number of carbonyl (C=O) groups excluding carboxylic acids is 3. The van der Waals surface area contributed by atoms with Gasteiger partial charge in [0, 0.05) is 30.4 Å². The van der Waals surface area contributed by atoms with Gasteiger partial charge in [-0.3, -0.25) is 14.4 Å². The maximum absolute atomic E-state index is 15.2. The maximum atomic E-state index is 15.2. The van der Waals surface area contributed by atoms with E-state index in [-0.39, 0.29) is 40.9 Å². The van der Waals surface area contributed by atoms with Gasteiger partial charge >= 0.3 is 0 Å². The van der Waals surface area contributed by atoms with Gasteiger partial charge in [-0.25, -0.2) is 0 Å². The van der Waals surface area contributed by atoms with Crippen LogP contribution >= 0.6 is 11.8 Å². The van der Waals surface area contributed by atoms with Crippen molar-refractivity contribution in [3.8, 4) is 0 Å². The normalized spacial score (nSPS) is 28.5. The molecule has 242 valence electrons. The van der Waals surface area contributed by atoms with Gasteiger partial charge in [-0.2, -0.15) is 0 Å². The van der Waals surface area contributed by atoms with Gasteiger partial charge in [-0.05, 0) is 50.0 Å². The molecule has 0 aromatic heterocycles. The highest BCUT2D eigenvalue weighted by Gasteiger charge is 2.77. The molecule has 1 N–H and O–H groups in total. The molecule has 1 spiro atoms. The number of aliphatic hydroxyl groups excluding tert-OH is 1. The molecule has 44 heavy (non-hydrogen) atoms. The van der Waals surface area contributed by atoms with E-state index in [1.54, 1.807) is 28.8 Å². The molecule has 3 aliphatic rings. The van der Waals surface area contributed by atoms with E-state index < -0.39 is 34.2 Å². The van der Waals surface area contributed by atoms with Crippen molar-refractivity contribution >= 4 is 29.5 Å². The average molecular weight is 624 g/mol. The van der Waals surface area contributed by atoms with Crippen LogP contribution in [0.1, 0.15) is 79.3 Å². The summed E-state index contributed by atoms with van der Waals surface area (Å²) in [6, 6.07) is 7.93. The third kappa shape index (κ3) is 5.89. The Kier molecular flexibility index (Phi) is 10.2. The molecule has 3 amide bonds. The highest BCUT2D eigenvalue weighted by Crippen LogP contribution is 2.69. The SMILES string of the molecule is C=CCN(CCC)C(=O)[C@@H]1[C@H]2C(=O)N([C@H](CO)c3ccccc3)C(C(=O)N(CC=C)C(C)(C)CC(C)(C)C)C23S[C@@H]1CC3C. The average Bonchev–Trinajstić information content (AvgIpc) is 3.54. The summed E-state index contributed by atoms with van der Waals surface area (Å²) in [5.41, 5.74) is 0.193. The molecule has 3 unspecified atom stereocenters. The molecule has 0 aliphatic carbocycles. The van der Waals surface area contributed by atoms with E-state index in [0.29, 0.717) is 19.6 Å². The van der Waals surface area contributed by atoms with Gasteiger partial charge in [-0.1, -0.05) is 77.1 Å². The lowest BCUT2D eigenvalue weighted by molar-refractivity contribution is -0.149. The summed E-state index contributed by atoms with van der Waals surface area (Å²) in [6.45, 7) is 23.7. The summed E-state index contributed by atoms with van der Waals surface area (Å²) < 4.78 is -0.787. The summed E-state index contributed by atoms with van der Waals surface area (Å²) in [4.78, 5) is 49.9. The minimum Gasteiger partial charge on any atom is -0.394 e. The first-order valence-corrected chi connectivity index (χ1v) is 17.1. The molecule has 3 heterocycles. The molecular formula is C36H53N3O4S. The minimum absolute atomic E-state index is 0.0271. The first-order chi connectivity index (χ1) is 20.7. The van der Waals surface area contributed by atoms with Gasteiger partial charge in [-0.15, -0.1) is 24.9 Å². The summed E-state index contributed by atoms with van der Waals surface area (Å²) in [6.07, 6.45) is 5.81. The Morgan fingerprint density at radius 2 is 1.75 bits per heavy atom. The fraction of sp³-hybridized carbons (Fsp3) is 0.639. The molecule has 7 nitrogen and oxygen atoms in total. The smallest absolute Gasteiger partial charge is 0.247 e. The summed E-state index contributed by atoms with van der Waals surface area (Å²) in [7, 11) is 0. The molecular weight excluding hydrogens is 570 g/mol. The van der Waals surface area contributed by atoms with Crippen molar-refractivity contribution in [2.24, 2.45) is 23.2 Å². The largest absolute Gasteiger partial charge is 0.394 e. The Morgan fingerprint density at radius 3 is 2.30 bits per heavy atom. The van der Waals surface area contributed by atoms with Gasteiger partial charge in [0.15, 0.2) is 0 Å². The monoisotopic (exact) mass is 623 g/mol. The van der Waals surface area contributed by atoms with Gasteiger partial charge in [0.25, 0.3) is 0 Å². The zero-order valence-corrected chi connectivity index (χ0v) is 28.6.